The molecule has 1 fully saturated rings. The SMILES string of the molecule is CC(C#N)C(=O)NCCNC(=O)C1CC1. The summed E-state index contributed by atoms with van der Waals surface area (Å²) < 4.78 is 0. The normalized spacial score (nSPS) is 16.3. The minimum atomic E-state index is -0.635. The van der Waals surface area contributed by atoms with Gasteiger partial charge in [-0.15, -0.1) is 0 Å². The number of carbonyl (C=O) groups excluding carboxylic acids is 2. The van der Waals surface area contributed by atoms with Crippen LogP contribution in [0.15, 0.2) is 0 Å². The van der Waals surface area contributed by atoms with Gasteiger partial charge >= 0.3 is 0 Å². The summed E-state index contributed by atoms with van der Waals surface area (Å²) in [7, 11) is 0. The molecule has 82 valence electrons. The van der Waals surface area contributed by atoms with Gasteiger partial charge in [-0.05, 0) is 19.8 Å². The van der Waals surface area contributed by atoms with E-state index in [2.05, 4.69) is 10.6 Å². The molecule has 2 N–H and O–H groups in total. The van der Waals surface area contributed by atoms with Crippen LogP contribution in [0.25, 0.3) is 0 Å². The predicted octanol–water partition coefficient (Wildman–Crippen LogP) is -0.212. The Hall–Kier alpha value is -1.57. The summed E-state index contributed by atoms with van der Waals surface area (Å²) in [6, 6.07) is 1.84. The van der Waals surface area contributed by atoms with Crippen molar-refractivity contribution in [1.82, 2.24) is 10.6 Å². The van der Waals surface area contributed by atoms with E-state index in [1.54, 1.807) is 0 Å². The molecule has 0 bridgehead atoms. The molecule has 0 aromatic heterocycles. The Kier molecular flexibility index (Phi) is 4.10. The maximum Gasteiger partial charge on any atom is 0.237 e. The maximum absolute atomic E-state index is 11.2. The van der Waals surface area contributed by atoms with Crippen LogP contribution in [-0.4, -0.2) is 24.9 Å². The number of carbonyl (C=O) groups is 2. The van der Waals surface area contributed by atoms with E-state index in [9.17, 15) is 9.59 Å². The van der Waals surface area contributed by atoms with Gasteiger partial charge < -0.3 is 10.6 Å². The number of amides is 2. The van der Waals surface area contributed by atoms with Crippen LogP contribution in [0.1, 0.15) is 19.8 Å². The van der Waals surface area contributed by atoms with Gasteiger partial charge in [-0.25, -0.2) is 0 Å². The molecule has 0 aromatic rings. The first-order valence-corrected chi connectivity index (χ1v) is 5.10. The van der Waals surface area contributed by atoms with Gasteiger partial charge in [0.25, 0.3) is 0 Å². The van der Waals surface area contributed by atoms with Crippen molar-refractivity contribution in [3.8, 4) is 6.07 Å². The van der Waals surface area contributed by atoms with Crippen LogP contribution in [0.3, 0.4) is 0 Å². The van der Waals surface area contributed by atoms with Gasteiger partial charge in [0, 0.05) is 19.0 Å². The third kappa shape index (κ3) is 3.98. The summed E-state index contributed by atoms with van der Waals surface area (Å²) in [5.74, 6) is -0.668. The molecule has 1 aliphatic carbocycles. The van der Waals surface area contributed by atoms with Gasteiger partial charge in [-0.2, -0.15) is 5.26 Å². The van der Waals surface area contributed by atoms with E-state index < -0.39 is 5.92 Å². The number of nitrogens with zero attached hydrogens (tertiary/aromatic N) is 1. The molecule has 0 aromatic carbocycles. The van der Waals surface area contributed by atoms with Crippen molar-refractivity contribution >= 4 is 11.8 Å². The Morgan fingerprint density at radius 1 is 1.40 bits per heavy atom. The summed E-state index contributed by atoms with van der Waals surface area (Å²) in [6.45, 7) is 2.35. The van der Waals surface area contributed by atoms with E-state index in [1.807, 2.05) is 6.07 Å². The van der Waals surface area contributed by atoms with Crippen molar-refractivity contribution in [2.75, 3.05) is 13.1 Å². The number of hydrogen-bond acceptors (Lipinski definition) is 3. The lowest BCUT2D eigenvalue weighted by Crippen LogP contribution is -2.37. The molecule has 1 rings (SSSR count). The third-order valence-electron chi connectivity index (χ3n) is 2.26. The molecule has 1 atom stereocenters. The molecule has 0 radical (unpaired) electrons. The van der Waals surface area contributed by atoms with Gasteiger partial charge in [0.2, 0.25) is 11.8 Å². The highest BCUT2D eigenvalue weighted by molar-refractivity contribution is 5.81. The molecular weight excluding hydrogens is 194 g/mol. The fourth-order valence-electron chi connectivity index (χ4n) is 1.07. The number of rotatable bonds is 5. The minimum absolute atomic E-state index is 0.0672. The largest absolute Gasteiger partial charge is 0.354 e. The van der Waals surface area contributed by atoms with E-state index in [4.69, 9.17) is 5.26 Å². The van der Waals surface area contributed by atoms with E-state index in [1.165, 1.54) is 6.92 Å². The second-order valence-electron chi connectivity index (χ2n) is 3.71. The van der Waals surface area contributed by atoms with E-state index >= 15 is 0 Å². The average Bonchev–Trinajstić information content (AvgIpc) is 3.06. The van der Waals surface area contributed by atoms with Crippen molar-refractivity contribution in [3.05, 3.63) is 0 Å². The lowest BCUT2D eigenvalue weighted by atomic mass is 10.2. The molecule has 1 unspecified atom stereocenters. The van der Waals surface area contributed by atoms with Crippen LogP contribution in [0, 0.1) is 23.2 Å². The molecular formula is C10H15N3O2. The molecule has 0 aliphatic heterocycles. The fraction of sp³-hybridized carbons (Fsp3) is 0.700. The van der Waals surface area contributed by atoms with Gasteiger partial charge in [0.05, 0.1) is 6.07 Å². The molecule has 5 nitrogen and oxygen atoms in total. The summed E-state index contributed by atoms with van der Waals surface area (Å²) in [5, 5.41) is 13.7. The summed E-state index contributed by atoms with van der Waals surface area (Å²) >= 11 is 0. The third-order valence-corrected chi connectivity index (χ3v) is 2.26. The number of nitriles is 1. The van der Waals surface area contributed by atoms with Crippen LogP contribution in [0.4, 0.5) is 0 Å². The quantitative estimate of drug-likeness (QED) is 0.614. The van der Waals surface area contributed by atoms with Crippen molar-refractivity contribution in [2.45, 2.75) is 19.8 Å². The Bertz CT molecular complexity index is 292. The predicted molar refractivity (Wildman–Crippen MR) is 53.5 cm³/mol. The first-order chi connectivity index (χ1) is 7.15. The Morgan fingerprint density at radius 3 is 2.53 bits per heavy atom. The first-order valence-electron chi connectivity index (χ1n) is 5.10. The zero-order valence-corrected chi connectivity index (χ0v) is 8.75. The molecule has 5 heteroatoms. The van der Waals surface area contributed by atoms with Crippen LogP contribution < -0.4 is 10.6 Å². The highest BCUT2D eigenvalue weighted by Crippen LogP contribution is 2.28. The van der Waals surface area contributed by atoms with Crippen molar-refractivity contribution < 1.29 is 9.59 Å². The second kappa shape index (κ2) is 5.35. The summed E-state index contributed by atoms with van der Waals surface area (Å²) in [4.78, 5) is 22.3. The Balaban J connectivity index is 2.03. The van der Waals surface area contributed by atoms with E-state index in [0.717, 1.165) is 12.8 Å². The molecule has 1 saturated carbocycles. The van der Waals surface area contributed by atoms with E-state index in [-0.39, 0.29) is 17.7 Å². The lowest BCUT2D eigenvalue weighted by Gasteiger charge is -2.07. The van der Waals surface area contributed by atoms with Gasteiger partial charge in [0.1, 0.15) is 5.92 Å². The highest BCUT2D eigenvalue weighted by Gasteiger charge is 2.28. The Morgan fingerprint density at radius 2 is 2.00 bits per heavy atom. The molecule has 0 saturated heterocycles. The van der Waals surface area contributed by atoms with Gasteiger partial charge in [-0.1, -0.05) is 0 Å². The number of nitrogens with one attached hydrogen (secondary N) is 2. The zero-order valence-electron chi connectivity index (χ0n) is 8.75. The maximum atomic E-state index is 11.2. The fourth-order valence-corrected chi connectivity index (χ4v) is 1.07. The average molecular weight is 209 g/mol. The van der Waals surface area contributed by atoms with Crippen molar-refractivity contribution in [1.29, 1.82) is 5.26 Å². The number of hydrogen-bond donors (Lipinski definition) is 2. The van der Waals surface area contributed by atoms with Crippen molar-refractivity contribution in [3.63, 3.8) is 0 Å². The summed E-state index contributed by atoms with van der Waals surface area (Å²) in [5.41, 5.74) is 0. The molecule has 0 heterocycles. The Labute approximate surface area is 88.8 Å². The zero-order chi connectivity index (χ0) is 11.3. The lowest BCUT2D eigenvalue weighted by molar-refractivity contribution is -0.124. The van der Waals surface area contributed by atoms with Crippen LogP contribution >= 0.6 is 0 Å². The highest BCUT2D eigenvalue weighted by atomic mass is 16.2. The summed E-state index contributed by atoms with van der Waals surface area (Å²) in [6.07, 6.45) is 1.95. The second-order valence-corrected chi connectivity index (χ2v) is 3.71. The van der Waals surface area contributed by atoms with Crippen molar-refractivity contribution in [2.24, 2.45) is 11.8 Å². The van der Waals surface area contributed by atoms with Crippen LogP contribution in [0.2, 0.25) is 0 Å². The molecule has 2 amide bonds. The molecule has 15 heavy (non-hydrogen) atoms. The van der Waals surface area contributed by atoms with Gasteiger partial charge in [0.15, 0.2) is 0 Å². The molecule has 1 aliphatic rings. The monoisotopic (exact) mass is 209 g/mol. The standard InChI is InChI=1S/C10H15N3O2/c1-7(6-11)9(14)12-4-5-13-10(15)8-2-3-8/h7-8H,2-5H2,1H3,(H,12,14)(H,13,15). The smallest absolute Gasteiger partial charge is 0.237 e. The topological polar surface area (TPSA) is 82.0 Å². The molecule has 0 spiro atoms. The first kappa shape index (κ1) is 11.5. The van der Waals surface area contributed by atoms with Gasteiger partial charge in [-0.3, -0.25) is 9.59 Å². The minimum Gasteiger partial charge on any atom is -0.354 e. The van der Waals surface area contributed by atoms with Crippen LogP contribution in [-0.2, 0) is 9.59 Å². The van der Waals surface area contributed by atoms with Crippen LogP contribution in [0.5, 0.6) is 0 Å². The van der Waals surface area contributed by atoms with E-state index in [0.29, 0.717) is 13.1 Å².